The summed E-state index contributed by atoms with van der Waals surface area (Å²) in [7, 11) is 0. The van der Waals surface area contributed by atoms with Gasteiger partial charge in [-0.2, -0.15) is 0 Å². The van der Waals surface area contributed by atoms with Gasteiger partial charge in [0.1, 0.15) is 11.5 Å². The molecule has 2 aliphatic rings. The zero-order valence-electron chi connectivity index (χ0n) is 11.4. The number of aromatic nitrogens is 1. The van der Waals surface area contributed by atoms with Crippen LogP contribution in [0.5, 0.6) is 0 Å². The van der Waals surface area contributed by atoms with Crippen LogP contribution in [-0.2, 0) is 0 Å². The topological polar surface area (TPSA) is 54.0 Å². The van der Waals surface area contributed by atoms with Gasteiger partial charge in [-0.1, -0.05) is 12.5 Å². The van der Waals surface area contributed by atoms with Gasteiger partial charge in [-0.25, -0.2) is 4.98 Å². The van der Waals surface area contributed by atoms with Gasteiger partial charge >= 0.3 is 0 Å². The fourth-order valence-corrected chi connectivity index (χ4v) is 3.50. The number of carbonyl (C=O) groups is 1. The Morgan fingerprint density at radius 2 is 2.26 bits per heavy atom. The van der Waals surface area contributed by atoms with E-state index < -0.39 is 0 Å². The van der Waals surface area contributed by atoms with Gasteiger partial charge in [-0.3, -0.25) is 4.79 Å². The number of rotatable bonds is 4. The van der Waals surface area contributed by atoms with Gasteiger partial charge in [0.25, 0.3) is 5.91 Å². The fraction of sp³-hybridized carbons (Fsp3) is 0.600. The highest BCUT2D eigenvalue weighted by Gasteiger charge is 2.40. The first-order valence-corrected chi connectivity index (χ1v) is 7.28. The van der Waals surface area contributed by atoms with Crippen molar-refractivity contribution in [1.29, 1.82) is 0 Å². The van der Waals surface area contributed by atoms with Crippen molar-refractivity contribution in [3.8, 4) is 0 Å². The lowest BCUT2D eigenvalue weighted by atomic mass is 9.95. The van der Waals surface area contributed by atoms with E-state index in [4.69, 9.17) is 0 Å². The van der Waals surface area contributed by atoms with Crippen LogP contribution < -0.4 is 10.6 Å². The Hall–Kier alpha value is -1.58. The monoisotopic (exact) mass is 259 g/mol. The van der Waals surface area contributed by atoms with Crippen LogP contribution in [0.1, 0.15) is 43.1 Å². The number of carbonyl (C=O) groups excluding carboxylic acids is 1. The molecule has 1 aromatic rings. The van der Waals surface area contributed by atoms with Gasteiger partial charge in [0.2, 0.25) is 0 Å². The lowest BCUT2D eigenvalue weighted by Gasteiger charge is -2.22. The summed E-state index contributed by atoms with van der Waals surface area (Å²) in [5.41, 5.74) is 0.515. The van der Waals surface area contributed by atoms with Crippen LogP contribution >= 0.6 is 0 Å². The highest BCUT2D eigenvalue weighted by Crippen LogP contribution is 2.44. The van der Waals surface area contributed by atoms with E-state index in [2.05, 4.69) is 15.6 Å². The van der Waals surface area contributed by atoms with E-state index in [1.807, 2.05) is 19.1 Å². The largest absolute Gasteiger partial charge is 0.370 e. The molecule has 1 amide bonds. The first-order valence-electron chi connectivity index (χ1n) is 7.28. The van der Waals surface area contributed by atoms with E-state index in [0.29, 0.717) is 17.7 Å². The molecule has 4 nitrogen and oxygen atoms in total. The van der Waals surface area contributed by atoms with Crippen molar-refractivity contribution in [2.24, 2.45) is 11.8 Å². The van der Waals surface area contributed by atoms with Crippen molar-refractivity contribution in [3.05, 3.63) is 23.9 Å². The summed E-state index contributed by atoms with van der Waals surface area (Å²) in [6.07, 6.45) is 5.09. The normalized spacial score (nSPS) is 28.4. The zero-order valence-corrected chi connectivity index (χ0v) is 11.4. The minimum Gasteiger partial charge on any atom is -0.370 e. The molecule has 0 radical (unpaired) electrons. The third kappa shape index (κ3) is 2.57. The SMILES string of the molecule is CCNc1cccc(C(=O)NC2CC3CCC2C3)n1. The van der Waals surface area contributed by atoms with E-state index in [1.54, 1.807) is 6.07 Å². The maximum absolute atomic E-state index is 12.2. The fourth-order valence-electron chi connectivity index (χ4n) is 3.50. The van der Waals surface area contributed by atoms with Gasteiger partial charge in [-0.15, -0.1) is 0 Å². The second kappa shape index (κ2) is 5.19. The number of pyridine rings is 1. The van der Waals surface area contributed by atoms with Crippen LogP contribution in [0, 0.1) is 11.8 Å². The molecule has 3 unspecified atom stereocenters. The zero-order chi connectivity index (χ0) is 13.2. The van der Waals surface area contributed by atoms with Gasteiger partial charge in [0.05, 0.1) is 0 Å². The van der Waals surface area contributed by atoms with E-state index in [9.17, 15) is 4.79 Å². The van der Waals surface area contributed by atoms with E-state index in [1.165, 1.54) is 19.3 Å². The Morgan fingerprint density at radius 3 is 2.95 bits per heavy atom. The van der Waals surface area contributed by atoms with Crippen LogP contribution in [0.3, 0.4) is 0 Å². The molecule has 0 aliphatic heterocycles. The molecule has 2 fully saturated rings. The molecule has 0 spiro atoms. The quantitative estimate of drug-likeness (QED) is 0.873. The molecule has 19 heavy (non-hydrogen) atoms. The van der Waals surface area contributed by atoms with Gasteiger partial charge in [-0.05, 0) is 50.2 Å². The molecule has 3 atom stereocenters. The Kier molecular flexibility index (Phi) is 3.40. The van der Waals surface area contributed by atoms with Crippen LogP contribution in [0.25, 0.3) is 0 Å². The summed E-state index contributed by atoms with van der Waals surface area (Å²) < 4.78 is 0. The number of anilines is 1. The van der Waals surface area contributed by atoms with Crippen LogP contribution in [0.15, 0.2) is 18.2 Å². The number of fused-ring (bicyclic) bond motifs is 2. The summed E-state index contributed by atoms with van der Waals surface area (Å²) in [5.74, 6) is 2.28. The predicted octanol–water partition coefficient (Wildman–Crippen LogP) is 2.43. The maximum Gasteiger partial charge on any atom is 0.270 e. The van der Waals surface area contributed by atoms with Crippen LogP contribution in [0.4, 0.5) is 5.82 Å². The van der Waals surface area contributed by atoms with Gasteiger partial charge < -0.3 is 10.6 Å². The molecule has 1 heterocycles. The number of hydrogen-bond donors (Lipinski definition) is 2. The van der Waals surface area contributed by atoms with E-state index in [-0.39, 0.29) is 5.91 Å². The molecular formula is C15H21N3O. The number of amides is 1. The summed E-state index contributed by atoms with van der Waals surface area (Å²) in [5, 5.41) is 6.30. The molecule has 1 aromatic heterocycles. The molecule has 3 rings (SSSR count). The molecular weight excluding hydrogens is 238 g/mol. The molecule has 0 aromatic carbocycles. The van der Waals surface area contributed by atoms with Crippen molar-refractivity contribution in [3.63, 3.8) is 0 Å². The second-order valence-electron chi connectivity index (χ2n) is 5.69. The second-order valence-corrected chi connectivity index (χ2v) is 5.69. The predicted molar refractivity (Wildman–Crippen MR) is 75.1 cm³/mol. The Balaban J connectivity index is 1.65. The van der Waals surface area contributed by atoms with Crippen LogP contribution in [-0.4, -0.2) is 23.5 Å². The Labute approximate surface area is 114 Å². The number of nitrogens with one attached hydrogen (secondary N) is 2. The van der Waals surface area contributed by atoms with Crippen molar-refractivity contribution >= 4 is 11.7 Å². The lowest BCUT2D eigenvalue weighted by Crippen LogP contribution is -2.38. The summed E-state index contributed by atoms with van der Waals surface area (Å²) in [4.78, 5) is 16.6. The smallest absolute Gasteiger partial charge is 0.270 e. The standard InChI is InChI=1S/C15H21N3O/c1-2-16-14-5-3-4-12(17-14)15(19)18-13-9-10-6-7-11(13)8-10/h3-5,10-11,13H,2,6-9H2,1H3,(H,16,17)(H,18,19). The molecule has 4 heteroatoms. The number of hydrogen-bond acceptors (Lipinski definition) is 3. The van der Waals surface area contributed by atoms with Crippen LogP contribution in [0.2, 0.25) is 0 Å². The Bertz CT molecular complexity index is 474. The first-order chi connectivity index (χ1) is 9.26. The maximum atomic E-state index is 12.2. The molecule has 102 valence electrons. The minimum atomic E-state index is -0.0303. The minimum absolute atomic E-state index is 0.0303. The number of nitrogens with zero attached hydrogens (tertiary/aromatic N) is 1. The summed E-state index contributed by atoms with van der Waals surface area (Å²) in [6.45, 7) is 2.83. The third-order valence-corrected chi connectivity index (χ3v) is 4.39. The van der Waals surface area contributed by atoms with E-state index >= 15 is 0 Å². The van der Waals surface area contributed by atoms with Crippen molar-refractivity contribution in [1.82, 2.24) is 10.3 Å². The van der Waals surface area contributed by atoms with E-state index in [0.717, 1.165) is 24.7 Å². The van der Waals surface area contributed by atoms with Crippen molar-refractivity contribution < 1.29 is 4.79 Å². The molecule has 2 aliphatic carbocycles. The van der Waals surface area contributed by atoms with Crippen molar-refractivity contribution in [2.45, 2.75) is 38.6 Å². The lowest BCUT2D eigenvalue weighted by molar-refractivity contribution is 0.0918. The summed E-state index contributed by atoms with van der Waals surface area (Å²) >= 11 is 0. The third-order valence-electron chi connectivity index (χ3n) is 4.39. The average Bonchev–Trinajstić information content (AvgIpc) is 3.02. The molecule has 2 N–H and O–H groups in total. The Morgan fingerprint density at radius 1 is 1.37 bits per heavy atom. The van der Waals surface area contributed by atoms with Gasteiger partial charge in [0.15, 0.2) is 0 Å². The highest BCUT2D eigenvalue weighted by atomic mass is 16.1. The molecule has 2 saturated carbocycles. The molecule has 0 saturated heterocycles. The summed E-state index contributed by atoms with van der Waals surface area (Å²) in [6, 6.07) is 5.91. The van der Waals surface area contributed by atoms with Gasteiger partial charge in [0, 0.05) is 12.6 Å². The average molecular weight is 259 g/mol. The van der Waals surface area contributed by atoms with Crippen molar-refractivity contribution in [2.75, 3.05) is 11.9 Å². The molecule has 2 bridgehead atoms. The first kappa shape index (κ1) is 12.5. The highest BCUT2D eigenvalue weighted by molar-refractivity contribution is 5.92.